The Hall–Kier alpha value is -2.69. The Kier molecular flexibility index (Phi) is 4.68. The van der Waals surface area contributed by atoms with Crippen LogP contribution in [0.1, 0.15) is 30.6 Å². The first kappa shape index (κ1) is 20.2. The molecule has 5 rings (SSSR count). The number of hydrogen-bond acceptors (Lipinski definition) is 5. The fourth-order valence-corrected chi connectivity index (χ4v) is 6.98. The Morgan fingerprint density at radius 3 is 2.42 bits per heavy atom. The number of ketones is 1. The highest BCUT2D eigenvalue weighted by Crippen LogP contribution is 2.63. The molecule has 4 aliphatic carbocycles. The molecule has 5 unspecified atom stereocenters. The minimum Gasteiger partial charge on any atom is -0.468 e. The molecule has 0 heterocycles. The van der Waals surface area contributed by atoms with E-state index in [9.17, 15) is 14.4 Å². The van der Waals surface area contributed by atoms with Crippen LogP contribution in [0.15, 0.2) is 54.6 Å². The Labute approximate surface area is 182 Å². The highest BCUT2D eigenvalue weighted by Gasteiger charge is 2.71. The van der Waals surface area contributed by atoms with E-state index < -0.39 is 29.4 Å². The fraction of sp³-hybridized carbons (Fsp3) is 0.500. The van der Waals surface area contributed by atoms with Gasteiger partial charge in [0.15, 0.2) is 5.78 Å². The van der Waals surface area contributed by atoms with Crippen molar-refractivity contribution in [2.75, 3.05) is 7.11 Å². The molecule has 162 valence electrons. The predicted octanol–water partition coefficient (Wildman–Crippen LogP) is 3.85. The normalized spacial score (nSPS) is 42.1. The predicted molar refractivity (Wildman–Crippen MR) is 114 cm³/mol. The third-order valence-electron chi connectivity index (χ3n) is 8.25. The second-order valence-corrected chi connectivity index (χ2v) is 9.57. The van der Waals surface area contributed by atoms with Crippen LogP contribution in [0.3, 0.4) is 0 Å². The van der Waals surface area contributed by atoms with Crippen molar-refractivity contribution in [1.82, 2.24) is 0 Å². The van der Waals surface area contributed by atoms with Crippen LogP contribution in [0.4, 0.5) is 0 Å². The molecule has 1 aromatic rings. The molecule has 5 nitrogen and oxygen atoms in total. The van der Waals surface area contributed by atoms with E-state index >= 15 is 0 Å². The largest absolute Gasteiger partial charge is 0.468 e. The van der Waals surface area contributed by atoms with E-state index in [1.807, 2.05) is 26.0 Å². The summed E-state index contributed by atoms with van der Waals surface area (Å²) in [7, 11) is 1.34. The van der Waals surface area contributed by atoms with Gasteiger partial charge >= 0.3 is 11.9 Å². The molecule has 2 bridgehead atoms. The number of methoxy groups -OCH3 is 1. The number of benzene rings is 1. The SMILES string of the molecule is COC(=O)[C@]12C(=O)C3C(C(OC(=O)c4ccccc4)[C@@H]1C(C)C=CC2C)[C@@H]1C=C[C@H]3C1. The number of carbonyl (C=O) groups excluding carboxylic acids is 3. The summed E-state index contributed by atoms with van der Waals surface area (Å²) >= 11 is 0. The third kappa shape index (κ3) is 2.65. The van der Waals surface area contributed by atoms with Crippen LogP contribution in [-0.4, -0.2) is 30.9 Å². The van der Waals surface area contributed by atoms with Gasteiger partial charge in [-0.3, -0.25) is 9.59 Å². The van der Waals surface area contributed by atoms with Crippen molar-refractivity contribution >= 4 is 17.7 Å². The zero-order valence-electron chi connectivity index (χ0n) is 18.1. The molecule has 2 fully saturated rings. The highest BCUT2D eigenvalue weighted by atomic mass is 16.5. The fourth-order valence-electron chi connectivity index (χ4n) is 6.98. The van der Waals surface area contributed by atoms with Crippen molar-refractivity contribution in [2.45, 2.75) is 26.4 Å². The molecule has 5 heteroatoms. The highest BCUT2D eigenvalue weighted by molar-refractivity contribution is 6.07. The second-order valence-electron chi connectivity index (χ2n) is 9.57. The average molecular weight is 421 g/mol. The molecular formula is C26H28O5. The first-order valence-corrected chi connectivity index (χ1v) is 11.2. The van der Waals surface area contributed by atoms with E-state index in [-0.39, 0.29) is 41.3 Å². The summed E-state index contributed by atoms with van der Waals surface area (Å²) in [5.41, 5.74) is -0.852. The summed E-state index contributed by atoms with van der Waals surface area (Å²) < 4.78 is 11.5. The summed E-state index contributed by atoms with van der Waals surface area (Å²) in [6, 6.07) is 8.92. The molecule has 9 atom stereocenters. The Morgan fingerprint density at radius 1 is 1.00 bits per heavy atom. The second kappa shape index (κ2) is 7.18. The van der Waals surface area contributed by atoms with E-state index in [1.54, 1.807) is 24.3 Å². The molecular weight excluding hydrogens is 392 g/mol. The van der Waals surface area contributed by atoms with E-state index in [2.05, 4.69) is 18.2 Å². The van der Waals surface area contributed by atoms with Crippen molar-refractivity contribution < 1.29 is 23.9 Å². The van der Waals surface area contributed by atoms with Crippen LogP contribution in [0, 0.1) is 46.8 Å². The van der Waals surface area contributed by atoms with Crippen molar-refractivity contribution in [1.29, 1.82) is 0 Å². The zero-order valence-corrected chi connectivity index (χ0v) is 18.1. The van der Waals surface area contributed by atoms with E-state index in [0.29, 0.717) is 5.56 Å². The summed E-state index contributed by atoms with van der Waals surface area (Å²) in [4.78, 5) is 40.6. The molecule has 2 saturated carbocycles. The molecule has 0 aliphatic heterocycles. The van der Waals surface area contributed by atoms with Gasteiger partial charge in [0.05, 0.1) is 12.7 Å². The first-order valence-electron chi connectivity index (χ1n) is 11.2. The number of rotatable bonds is 3. The van der Waals surface area contributed by atoms with Crippen molar-refractivity contribution in [3.8, 4) is 0 Å². The minimum absolute atomic E-state index is 0.0260. The van der Waals surface area contributed by atoms with Gasteiger partial charge in [0.2, 0.25) is 0 Å². The molecule has 0 aromatic heterocycles. The zero-order chi connectivity index (χ0) is 21.9. The maximum absolute atomic E-state index is 14.1. The maximum atomic E-state index is 14.1. The monoisotopic (exact) mass is 420 g/mol. The van der Waals surface area contributed by atoms with E-state index in [4.69, 9.17) is 9.47 Å². The van der Waals surface area contributed by atoms with Crippen LogP contribution in [0.5, 0.6) is 0 Å². The first-order chi connectivity index (χ1) is 14.9. The van der Waals surface area contributed by atoms with Gasteiger partial charge < -0.3 is 9.47 Å². The molecule has 0 spiro atoms. The molecule has 0 amide bonds. The standard InChI is InChI=1S/C26H28O5/c1-14-9-10-15(2)26(25(29)30-3)21(14)22(31-24(28)16-7-5-4-6-8-16)19-17-11-12-18(13-17)20(19)23(26)27/h4-12,14-15,17-22H,13H2,1-3H3/t14?,15?,17-,18+,19?,20?,21+,22?,26+/m1/s1. The van der Waals surface area contributed by atoms with Crippen LogP contribution < -0.4 is 0 Å². The lowest BCUT2D eigenvalue weighted by molar-refractivity contribution is -0.188. The Balaban J connectivity index is 1.65. The maximum Gasteiger partial charge on any atom is 0.338 e. The third-order valence-corrected chi connectivity index (χ3v) is 8.25. The van der Waals surface area contributed by atoms with Gasteiger partial charge in [-0.05, 0) is 42.2 Å². The van der Waals surface area contributed by atoms with E-state index in [0.717, 1.165) is 6.42 Å². The summed E-state index contributed by atoms with van der Waals surface area (Å²) in [6.07, 6.45) is 8.63. The molecule has 1 aromatic carbocycles. The molecule has 0 saturated heterocycles. The van der Waals surface area contributed by atoms with Gasteiger partial charge in [-0.2, -0.15) is 0 Å². The van der Waals surface area contributed by atoms with Gasteiger partial charge in [-0.25, -0.2) is 4.79 Å². The van der Waals surface area contributed by atoms with Crippen LogP contribution in [0.2, 0.25) is 0 Å². The lowest BCUT2D eigenvalue weighted by Gasteiger charge is -2.55. The van der Waals surface area contributed by atoms with Gasteiger partial charge in [0.25, 0.3) is 0 Å². The molecule has 31 heavy (non-hydrogen) atoms. The average Bonchev–Trinajstić information content (AvgIpc) is 3.40. The van der Waals surface area contributed by atoms with Crippen LogP contribution >= 0.6 is 0 Å². The summed E-state index contributed by atoms with van der Waals surface area (Å²) in [6.45, 7) is 3.91. The molecule has 0 N–H and O–H groups in total. The topological polar surface area (TPSA) is 69.7 Å². The van der Waals surface area contributed by atoms with Crippen molar-refractivity contribution in [2.24, 2.45) is 46.8 Å². The Morgan fingerprint density at radius 2 is 1.71 bits per heavy atom. The quantitative estimate of drug-likeness (QED) is 0.422. The number of fused-ring (bicyclic) bond motifs is 6. The number of esters is 2. The summed E-state index contributed by atoms with van der Waals surface area (Å²) in [5, 5.41) is 0. The number of ether oxygens (including phenoxy) is 2. The van der Waals surface area contributed by atoms with Crippen LogP contribution in [-0.2, 0) is 19.1 Å². The van der Waals surface area contributed by atoms with Gasteiger partial charge in [-0.15, -0.1) is 0 Å². The van der Waals surface area contributed by atoms with E-state index in [1.165, 1.54) is 7.11 Å². The molecule has 4 aliphatic rings. The lowest BCUT2D eigenvalue weighted by atomic mass is 9.47. The van der Waals surface area contributed by atoms with Crippen molar-refractivity contribution in [3.05, 3.63) is 60.2 Å². The molecule has 0 radical (unpaired) electrons. The smallest absolute Gasteiger partial charge is 0.338 e. The van der Waals surface area contributed by atoms with Gasteiger partial charge in [0.1, 0.15) is 11.5 Å². The number of carbonyl (C=O) groups is 3. The minimum atomic E-state index is -1.33. The number of allylic oxidation sites excluding steroid dienone is 4. The number of Topliss-reactive ketones (excluding diaryl/α,β-unsaturated/α-hetero) is 1. The van der Waals surface area contributed by atoms with Crippen molar-refractivity contribution in [3.63, 3.8) is 0 Å². The van der Waals surface area contributed by atoms with Crippen LogP contribution in [0.25, 0.3) is 0 Å². The lowest BCUT2D eigenvalue weighted by Crippen LogP contribution is -2.66. The Bertz CT molecular complexity index is 979. The summed E-state index contributed by atoms with van der Waals surface area (Å²) in [5.74, 6) is -1.94. The van der Waals surface area contributed by atoms with Gasteiger partial charge in [0, 0.05) is 17.8 Å². The van der Waals surface area contributed by atoms with Gasteiger partial charge in [-0.1, -0.05) is 56.4 Å². The number of hydrogen-bond donors (Lipinski definition) is 0.